The van der Waals surface area contributed by atoms with Crippen molar-refractivity contribution in [2.75, 3.05) is 30.5 Å². The van der Waals surface area contributed by atoms with Crippen LogP contribution in [0.3, 0.4) is 0 Å². The number of ether oxygens (including phenoxy) is 1. The molecule has 1 aliphatic rings. The molecule has 0 radical (unpaired) electrons. The van der Waals surface area contributed by atoms with E-state index in [9.17, 15) is 8.42 Å². The van der Waals surface area contributed by atoms with Crippen molar-refractivity contribution in [3.05, 3.63) is 82.6 Å². The quantitative estimate of drug-likeness (QED) is 0.235. The molecule has 1 aromatic heterocycles. The molecule has 0 unspecified atom stereocenters. The summed E-state index contributed by atoms with van der Waals surface area (Å²) in [6, 6.07) is 16.9. The van der Waals surface area contributed by atoms with Crippen molar-refractivity contribution in [3.8, 4) is 5.75 Å². The second kappa shape index (κ2) is 12.1. The topological polar surface area (TPSA) is 62.7 Å². The number of hydrogen-bond donors (Lipinski definition) is 0. The van der Waals surface area contributed by atoms with Crippen LogP contribution in [-0.4, -0.2) is 44.5 Å². The number of hydrogen-bond acceptors (Lipinski definition) is 5. The Hall–Kier alpha value is -2.32. The van der Waals surface area contributed by atoms with Gasteiger partial charge in [0.2, 0.25) is 0 Å². The molecule has 9 heteroatoms. The van der Waals surface area contributed by atoms with E-state index in [0.717, 1.165) is 31.6 Å². The Bertz CT molecular complexity index is 1220. The molecule has 0 spiro atoms. The predicted octanol–water partition coefficient (Wildman–Crippen LogP) is 6.04. The maximum absolute atomic E-state index is 13.7. The van der Waals surface area contributed by atoms with Crippen molar-refractivity contribution in [2.24, 2.45) is 0 Å². The molecule has 0 amide bonds. The van der Waals surface area contributed by atoms with Gasteiger partial charge in [0.1, 0.15) is 5.75 Å². The van der Waals surface area contributed by atoms with Gasteiger partial charge in [-0.25, -0.2) is 13.4 Å². The van der Waals surface area contributed by atoms with Gasteiger partial charge in [-0.2, -0.15) is 0 Å². The highest BCUT2D eigenvalue weighted by atomic mass is 35.5. The number of para-hydroxylation sites is 1. The first-order chi connectivity index (χ1) is 16.9. The third-order valence-corrected chi connectivity index (χ3v) is 8.34. The number of benzene rings is 2. The molecule has 1 aliphatic heterocycles. The van der Waals surface area contributed by atoms with Gasteiger partial charge in [-0.15, -0.1) is 0 Å². The van der Waals surface area contributed by atoms with E-state index in [1.54, 1.807) is 24.3 Å². The summed E-state index contributed by atoms with van der Waals surface area (Å²) >= 11 is 12.3. The lowest BCUT2D eigenvalue weighted by Gasteiger charge is -2.27. The van der Waals surface area contributed by atoms with E-state index >= 15 is 0 Å². The van der Waals surface area contributed by atoms with Crippen molar-refractivity contribution in [2.45, 2.75) is 37.1 Å². The molecule has 3 aromatic rings. The van der Waals surface area contributed by atoms with Crippen LogP contribution in [0.2, 0.25) is 10.2 Å². The molecule has 6 nitrogen and oxygen atoms in total. The molecular weight excluding hydrogens is 505 g/mol. The Morgan fingerprint density at radius 3 is 2.43 bits per heavy atom. The average Bonchev–Trinajstić information content (AvgIpc) is 2.87. The predicted molar refractivity (Wildman–Crippen MR) is 141 cm³/mol. The van der Waals surface area contributed by atoms with Gasteiger partial charge in [0.25, 0.3) is 10.0 Å². The zero-order valence-electron chi connectivity index (χ0n) is 19.4. The number of piperidine rings is 1. The number of sulfonamides is 1. The van der Waals surface area contributed by atoms with Gasteiger partial charge in [0.15, 0.2) is 5.15 Å². The van der Waals surface area contributed by atoms with Crippen molar-refractivity contribution >= 4 is 38.9 Å². The summed E-state index contributed by atoms with van der Waals surface area (Å²) in [7, 11) is -3.96. The Kier molecular flexibility index (Phi) is 8.89. The number of aromatic nitrogens is 1. The second-order valence-corrected chi connectivity index (χ2v) is 11.1. The standard InChI is InChI=1S/C26H29Cl2N3O3S/c27-22-11-13-23(14-12-22)35(32,33)31(24-9-6-15-29-26(24)28)20-21-8-2-3-10-25(21)34-19-7-18-30-16-4-1-5-17-30/h2-3,6,8-15H,1,4-5,7,16-20H2. The van der Waals surface area contributed by atoms with Crippen LogP contribution < -0.4 is 9.04 Å². The molecule has 2 aromatic carbocycles. The molecule has 2 heterocycles. The molecule has 4 rings (SSSR count). The largest absolute Gasteiger partial charge is 0.493 e. The lowest BCUT2D eigenvalue weighted by Crippen LogP contribution is -2.31. The lowest BCUT2D eigenvalue weighted by atomic mass is 10.1. The number of rotatable bonds is 10. The molecule has 0 saturated carbocycles. The molecule has 0 N–H and O–H groups in total. The van der Waals surface area contributed by atoms with Crippen LogP contribution in [0, 0.1) is 0 Å². The fourth-order valence-corrected chi connectivity index (χ4v) is 6.03. The number of anilines is 1. The van der Waals surface area contributed by atoms with E-state index in [2.05, 4.69) is 9.88 Å². The zero-order chi connectivity index (χ0) is 24.7. The molecule has 1 saturated heterocycles. The van der Waals surface area contributed by atoms with Gasteiger partial charge in [0, 0.05) is 23.3 Å². The molecule has 0 bridgehead atoms. The Morgan fingerprint density at radius 2 is 1.69 bits per heavy atom. The summed E-state index contributed by atoms with van der Waals surface area (Å²) in [6.07, 6.45) is 6.28. The summed E-state index contributed by atoms with van der Waals surface area (Å²) < 4.78 is 34.8. The number of halogens is 2. The summed E-state index contributed by atoms with van der Waals surface area (Å²) in [6.45, 7) is 3.91. The average molecular weight is 535 g/mol. The number of pyridine rings is 1. The fourth-order valence-electron chi connectivity index (χ4n) is 4.18. The molecule has 0 aliphatic carbocycles. The van der Waals surface area contributed by atoms with Gasteiger partial charge in [-0.3, -0.25) is 4.31 Å². The molecule has 186 valence electrons. The van der Waals surface area contributed by atoms with E-state index in [1.165, 1.54) is 41.9 Å². The first kappa shape index (κ1) is 25.8. The van der Waals surface area contributed by atoms with Crippen molar-refractivity contribution in [1.82, 2.24) is 9.88 Å². The molecular formula is C26H29Cl2N3O3S. The first-order valence-electron chi connectivity index (χ1n) is 11.8. The van der Waals surface area contributed by atoms with Crippen LogP contribution >= 0.6 is 23.2 Å². The third kappa shape index (κ3) is 6.67. The minimum Gasteiger partial charge on any atom is -0.493 e. The SMILES string of the molecule is O=S(=O)(c1ccc(Cl)cc1)N(Cc1ccccc1OCCCN1CCCCC1)c1cccnc1Cl. The van der Waals surface area contributed by atoms with Gasteiger partial charge in [0.05, 0.1) is 23.7 Å². The highest BCUT2D eigenvalue weighted by Gasteiger charge is 2.28. The van der Waals surface area contributed by atoms with Crippen molar-refractivity contribution < 1.29 is 13.2 Å². The van der Waals surface area contributed by atoms with Crippen molar-refractivity contribution in [3.63, 3.8) is 0 Å². The van der Waals surface area contributed by atoms with Gasteiger partial charge < -0.3 is 9.64 Å². The highest BCUT2D eigenvalue weighted by molar-refractivity contribution is 7.92. The van der Waals surface area contributed by atoms with Gasteiger partial charge in [-0.1, -0.05) is 47.8 Å². The van der Waals surface area contributed by atoms with Crippen LogP contribution in [0.1, 0.15) is 31.2 Å². The normalized spacial score (nSPS) is 14.6. The van der Waals surface area contributed by atoms with E-state index < -0.39 is 10.0 Å². The lowest BCUT2D eigenvalue weighted by molar-refractivity contribution is 0.204. The maximum atomic E-state index is 13.7. The van der Waals surface area contributed by atoms with Gasteiger partial charge in [-0.05, 0) is 74.8 Å². The van der Waals surface area contributed by atoms with Crippen LogP contribution in [0.4, 0.5) is 5.69 Å². The summed E-state index contributed by atoms with van der Waals surface area (Å²) in [5.41, 5.74) is 1.03. The maximum Gasteiger partial charge on any atom is 0.264 e. The van der Waals surface area contributed by atoms with Crippen LogP contribution in [0.25, 0.3) is 0 Å². The van der Waals surface area contributed by atoms with E-state index in [0.29, 0.717) is 23.1 Å². The highest BCUT2D eigenvalue weighted by Crippen LogP contribution is 2.33. The summed E-state index contributed by atoms with van der Waals surface area (Å²) in [5.74, 6) is 0.655. The van der Waals surface area contributed by atoms with E-state index in [1.807, 2.05) is 24.3 Å². The Labute approximate surface area is 217 Å². The Balaban J connectivity index is 1.56. The number of likely N-dealkylation sites (tertiary alicyclic amines) is 1. The summed E-state index contributed by atoms with van der Waals surface area (Å²) in [4.78, 5) is 6.68. The molecule has 0 atom stereocenters. The van der Waals surface area contributed by atoms with Crippen LogP contribution in [-0.2, 0) is 16.6 Å². The number of nitrogens with zero attached hydrogens (tertiary/aromatic N) is 3. The van der Waals surface area contributed by atoms with E-state index in [-0.39, 0.29) is 16.6 Å². The zero-order valence-corrected chi connectivity index (χ0v) is 21.8. The minimum absolute atomic E-state index is 0.0403. The van der Waals surface area contributed by atoms with Crippen LogP contribution in [0.5, 0.6) is 5.75 Å². The second-order valence-electron chi connectivity index (χ2n) is 8.49. The Morgan fingerprint density at radius 1 is 0.943 bits per heavy atom. The summed E-state index contributed by atoms with van der Waals surface area (Å²) in [5, 5.41) is 0.558. The monoisotopic (exact) mass is 533 g/mol. The third-order valence-electron chi connectivity index (χ3n) is 6.02. The molecule has 1 fully saturated rings. The fraction of sp³-hybridized carbons (Fsp3) is 0.346. The molecule has 35 heavy (non-hydrogen) atoms. The van der Waals surface area contributed by atoms with Crippen LogP contribution in [0.15, 0.2) is 71.8 Å². The van der Waals surface area contributed by atoms with Crippen molar-refractivity contribution in [1.29, 1.82) is 0 Å². The smallest absolute Gasteiger partial charge is 0.264 e. The van der Waals surface area contributed by atoms with E-state index in [4.69, 9.17) is 27.9 Å². The van der Waals surface area contributed by atoms with Gasteiger partial charge >= 0.3 is 0 Å². The minimum atomic E-state index is -3.96. The first-order valence-corrected chi connectivity index (χ1v) is 14.0.